The minimum Gasteiger partial charge on any atom is -0.466 e. The molecular formula is C16H23FN2O2. The van der Waals surface area contributed by atoms with Crippen LogP contribution in [0.5, 0.6) is 0 Å². The van der Waals surface area contributed by atoms with Crippen molar-refractivity contribution in [2.75, 3.05) is 19.7 Å². The lowest BCUT2D eigenvalue weighted by atomic mass is 10.1. The number of halogens is 1. The van der Waals surface area contributed by atoms with Crippen LogP contribution in [0, 0.1) is 5.82 Å². The van der Waals surface area contributed by atoms with E-state index >= 15 is 0 Å². The first-order valence-electron chi connectivity index (χ1n) is 7.46. The van der Waals surface area contributed by atoms with Gasteiger partial charge in [-0.1, -0.05) is 12.1 Å². The molecule has 0 bridgehead atoms. The quantitative estimate of drug-likeness (QED) is 0.843. The van der Waals surface area contributed by atoms with Crippen molar-refractivity contribution < 1.29 is 13.9 Å². The van der Waals surface area contributed by atoms with E-state index < -0.39 is 0 Å². The van der Waals surface area contributed by atoms with E-state index in [1.807, 2.05) is 19.1 Å². The van der Waals surface area contributed by atoms with Crippen LogP contribution in [0.4, 0.5) is 4.39 Å². The first-order valence-corrected chi connectivity index (χ1v) is 7.46. The summed E-state index contributed by atoms with van der Waals surface area (Å²) >= 11 is 0. The van der Waals surface area contributed by atoms with Crippen molar-refractivity contribution in [3.8, 4) is 0 Å². The molecular weight excluding hydrogens is 271 g/mol. The third-order valence-corrected chi connectivity index (χ3v) is 3.80. The molecule has 0 saturated carbocycles. The van der Waals surface area contributed by atoms with Gasteiger partial charge in [-0.05, 0) is 31.5 Å². The number of benzene rings is 1. The second-order valence-corrected chi connectivity index (χ2v) is 5.52. The predicted molar refractivity (Wildman–Crippen MR) is 79.3 cm³/mol. The van der Waals surface area contributed by atoms with Gasteiger partial charge in [0.05, 0.1) is 13.0 Å². The van der Waals surface area contributed by atoms with E-state index in [4.69, 9.17) is 4.74 Å². The first-order chi connectivity index (χ1) is 10.1. The third kappa shape index (κ3) is 4.79. The molecule has 1 aromatic carbocycles. The Morgan fingerprint density at radius 2 is 2.14 bits per heavy atom. The molecule has 1 aromatic rings. The highest BCUT2D eigenvalue weighted by atomic mass is 19.1. The summed E-state index contributed by atoms with van der Waals surface area (Å²) in [7, 11) is 0. The van der Waals surface area contributed by atoms with Gasteiger partial charge in [0, 0.05) is 31.7 Å². The number of ether oxygens (including phenoxy) is 1. The van der Waals surface area contributed by atoms with Gasteiger partial charge in [0.15, 0.2) is 0 Å². The Balaban J connectivity index is 1.91. The van der Waals surface area contributed by atoms with Crippen molar-refractivity contribution in [3.63, 3.8) is 0 Å². The number of rotatable bonds is 5. The molecule has 0 aromatic heterocycles. The van der Waals surface area contributed by atoms with Crippen LogP contribution in [0.1, 0.15) is 25.8 Å². The van der Waals surface area contributed by atoms with Gasteiger partial charge in [0.2, 0.25) is 0 Å². The molecule has 1 aliphatic rings. The van der Waals surface area contributed by atoms with Crippen LogP contribution in [-0.2, 0) is 16.1 Å². The number of nitrogens with zero attached hydrogens (tertiary/aromatic N) is 1. The van der Waals surface area contributed by atoms with Crippen LogP contribution in [-0.4, -0.2) is 42.6 Å². The lowest BCUT2D eigenvalue weighted by molar-refractivity contribution is -0.144. The normalized spacial score (nSPS) is 23.0. The van der Waals surface area contributed by atoms with Gasteiger partial charge in [-0.15, -0.1) is 0 Å². The molecule has 0 radical (unpaired) electrons. The lowest BCUT2D eigenvalue weighted by Gasteiger charge is -2.38. The van der Waals surface area contributed by atoms with Gasteiger partial charge in [-0.3, -0.25) is 9.69 Å². The van der Waals surface area contributed by atoms with Gasteiger partial charge in [-0.25, -0.2) is 4.39 Å². The molecule has 1 heterocycles. The van der Waals surface area contributed by atoms with Crippen LogP contribution in [0.2, 0.25) is 0 Å². The molecule has 0 amide bonds. The maximum Gasteiger partial charge on any atom is 0.307 e. The Morgan fingerprint density at radius 3 is 2.81 bits per heavy atom. The molecule has 0 spiro atoms. The standard InChI is InChI=1S/C16H23FN2O2/c1-3-21-16(20)8-15-11-19(12(2)9-18-15)10-13-4-6-14(17)7-5-13/h4-7,12,15,18H,3,8-11H2,1-2H3/t12?,15-/m0/s1. The van der Waals surface area contributed by atoms with Gasteiger partial charge < -0.3 is 10.1 Å². The Labute approximate surface area is 125 Å². The van der Waals surface area contributed by atoms with Gasteiger partial charge >= 0.3 is 5.97 Å². The number of esters is 1. The number of carbonyl (C=O) groups excluding carboxylic acids is 1. The Bertz CT molecular complexity index is 464. The highest BCUT2D eigenvalue weighted by Gasteiger charge is 2.26. The fourth-order valence-corrected chi connectivity index (χ4v) is 2.60. The van der Waals surface area contributed by atoms with Crippen LogP contribution in [0.15, 0.2) is 24.3 Å². The van der Waals surface area contributed by atoms with E-state index in [9.17, 15) is 9.18 Å². The summed E-state index contributed by atoms with van der Waals surface area (Å²) in [5, 5.41) is 3.38. The SMILES string of the molecule is CCOC(=O)C[C@H]1CN(Cc2ccc(F)cc2)C(C)CN1. The fourth-order valence-electron chi connectivity index (χ4n) is 2.60. The Kier molecular flexibility index (Phi) is 5.70. The number of carbonyl (C=O) groups is 1. The topological polar surface area (TPSA) is 41.6 Å². The zero-order valence-corrected chi connectivity index (χ0v) is 12.6. The molecule has 0 aliphatic carbocycles. The van der Waals surface area contributed by atoms with Crippen molar-refractivity contribution in [3.05, 3.63) is 35.6 Å². The second-order valence-electron chi connectivity index (χ2n) is 5.52. The van der Waals surface area contributed by atoms with Crippen LogP contribution in [0.25, 0.3) is 0 Å². The predicted octanol–water partition coefficient (Wildman–Crippen LogP) is 1.94. The molecule has 2 atom stereocenters. The average Bonchev–Trinajstić information content (AvgIpc) is 2.45. The lowest BCUT2D eigenvalue weighted by Crippen LogP contribution is -2.55. The summed E-state index contributed by atoms with van der Waals surface area (Å²) in [6.07, 6.45) is 0.389. The minimum atomic E-state index is -0.215. The molecule has 1 unspecified atom stereocenters. The molecule has 116 valence electrons. The summed E-state index contributed by atoms with van der Waals surface area (Å²) in [5.41, 5.74) is 1.08. The average molecular weight is 294 g/mol. The molecule has 2 rings (SSSR count). The van der Waals surface area contributed by atoms with Crippen molar-refractivity contribution in [2.45, 2.75) is 38.9 Å². The summed E-state index contributed by atoms with van der Waals surface area (Å²) in [4.78, 5) is 13.9. The van der Waals surface area contributed by atoms with E-state index in [0.29, 0.717) is 19.1 Å². The molecule has 1 aliphatic heterocycles. The molecule has 1 saturated heterocycles. The number of hydrogen-bond acceptors (Lipinski definition) is 4. The van der Waals surface area contributed by atoms with Gasteiger partial charge in [0.25, 0.3) is 0 Å². The smallest absolute Gasteiger partial charge is 0.307 e. The zero-order valence-electron chi connectivity index (χ0n) is 12.6. The van der Waals surface area contributed by atoms with E-state index in [-0.39, 0.29) is 17.8 Å². The Hall–Kier alpha value is -1.46. The van der Waals surface area contributed by atoms with Gasteiger partial charge in [-0.2, -0.15) is 0 Å². The highest BCUT2D eigenvalue weighted by Crippen LogP contribution is 2.14. The number of nitrogens with one attached hydrogen (secondary N) is 1. The number of piperazine rings is 1. The number of hydrogen-bond donors (Lipinski definition) is 1. The van der Waals surface area contributed by atoms with Crippen molar-refractivity contribution in [2.24, 2.45) is 0 Å². The molecule has 21 heavy (non-hydrogen) atoms. The van der Waals surface area contributed by atoms with Crippen LogP contribution >= 0.6 is 0 Å². The monoisotopic (exact) mass is 294 g/mol. The van der Waals surface area contributed by atoms with Crippen molar-refractivity contribution in [1.29, 1.82) is 0 Å². The van der Waals surface area contributed by atoms with Crippen molar-refractivity contribution >= 4 is 5.97 Å². The highest BCUT2D eigenvalue weighted by molar-refractivity contribution is 5.70. The third-order valence-electron chi connectivity index (χ3n) is 3.80. The summed E-state index contributed by atoms with van der Waals surface area (Å²) in [6, 6.07) is 7.08. The maximum absolute atomic E-state index is 12.9. The fraction of sp³-hybridized carbons (Fsp3) is 0.562. The first kappa shape index (κ1) is 15.9. The van der Waals surface area contributed by atoms with Crippen LogP contribution < -0.4 is 5.32 Å². The Morgan fingerprint density at radius 1 is 1.43 bits per heavy atom. The molecule has 1 fully saturated rings. The van der Waals surface area contributed by atoms with Crippen LogP contribution in [0.3, 0.4) is 0 Å². The molecule has 4 nitrogen and oxygen atoms in total. The zero-order chi connectivity index (χ0) is 15.2. The van der Waals surface area contributed by atoms with E-state index in [2.05, 4.69) is 17.1 Å². The maximum atomic E-state index is 12.9. The summed E-state index contributed by atoms with van der Waals surface area (Å²) < 4.78 is 17.9. The van der Waals surface area contributed by atoms with E-state index in [1.54, 1.807) is 0 Å². The summed E-state index contributed by atoms with van der Waals surface area (Å²) in [5.74, 6) is -0.376. The molecule has 1 N–H and O–H groups in total. The molecule has 5 heteroatoms. The second kappa shape index (κ2) is 7.52. The van der Waals surface area contributed by atoms with E-state index in [0.717, 1.165) is 25.2 Å². The largest absolute Gasteiger partial charge is 0.466 e. The van der Waals surface area contributed by atoms with E-state index in [1.165, 1.54) is 12.1 Å². The minimum absolute atomic E-state index is 0.112. The summed E-state index contributed by atoms with van der Waals surface area (Å²) in [6.45, 7) is 6.78. The van der Waals surface area contributed by atoms with Crippen molar-refractivity contribution in [1.82, 2.24) is 10.2 Å². The van der Waals surface area contributed by atoms with Gasteiger partial charge in [0.1, 0.15) is 5.82 Å².